The number of para-hydroxylation sites is 1. The lowest BCUT2D eigenvalue weighted by atomic mass is 10.1. The molecule has 7 heteroatoms. The van der Waals surface area contributed by atoms with Gasteiger partial charge < -0.3 is 19.5 Å². The Morgan fingerprint density at radius 3 is 2.19 bits per heavy atom. The number of nitrogens with one attached hydrogen (secondary N) is 1. The summed E-state index contributed by atoms with van der Waals surface area (Å²) in [5.74, 6) is 1.49. The van der Waals surface area contributed by atoms with Gasteiger partial charge in [0.05, 0.1) is 19.8 Å². The van der Waals surface area contributed by atoms with E-state index in [1.165, 1.54) is 0 Å². The molecule has 2 aromatic rings. The van der Waals surface area contributed by atoms with Gasteiger partial charge in [0.1, 0.15) is 6.04 Å². The summed E-state index contributed by atoms with van der Waals surface area (Å²) in [5, 5.41) is 2.99. The Morgan fingerprint density at radius 2 is 1.59 bits per heavy atom. The Hall–Kier alpha value is -3.22. The maximum atomic E-state index is 13.1. The lowest BCUT2D eigenvalue weighted by Gasteiger charge is -2.24. The van der Waals surface area contributed by atoms with Crippen LogP contribution < -0.4 is 24.4 Å². The highest BCUT2D eigenvalue weighted by atomic mass is 16.5. The highest BCUT2D eigenvalue weighted by Crippen LogP contribution is 2.39. The van der Waals surface area contributed by atoms with Gasteiger partial charge in [0.25, 0.3) is 0 Å². The lowest BCUT2D eigenvalue weighted by molar-refractivity contribution is -0.126. The van der Waals surface area contributed by atoms with Crippen molar-refractivity contribution < 1.29 is 23.8 Å². The molecular formula is C25H32N2O5. The van der Waals surface area contributed by atoms with Crippen molar-refractivity contribution in [2.75, 3.05) is 24.7 Å². The summed E-state index contributed by atoms with van der Waals surface area (Å²) >= 11 is 0. The molecule has 3 rings (SSSR count). The summed E-state index contributed by atoms with van der Waals surface area (Å²) < 4.78 is 17.3. The van der Waals surface area contributed by atoms with E-state index in [1.807, 2.05) is 64.1 Å². The zero-order chi connectivity index (χ0) is 23.1. The first-order valence-electron chi connectivity index (χ1n) is 11.3. The smallest absolute Gasteiger partial charge is 0.243 e. The Balaban J connectivity index is 1.80. The van der Waals surface area contributed by atoms with Crippen LogP contribution in [0, 0.1) is 0 Å². The third kappa shape index (κ3) is 4.98. The summed E-state index contributed by atoms with van der Waals surface area (Å²) in [7, 11) is 0. The third-order valence-corrected chi connectivity index (χ3v) is 5.29. The van der Waals surface area contributed by atoms with Gasteiger partial charge in [0.2, 0.25) is 17.6 Å². The first kappa shape index (κ1) is 23.4. The SMILES string of the molecule is CCOc1cc(CNC(=O)[C@H]2Cc3ccccc3N2C(=O)CC)cc(OCC)c1OCC. The molecule has 1 aliphatic rings. The number of anilines is 1. The molecule has 2 amide bonds. The molecule has 1 N–H and O–H groups in total. The minimum atomic E-state index is -0.555. The van der Waals surface area contributed by atoms with E-state index in [-0.39, 0.29) is 18.4 Å². The van der Waals surface area contributed by atoms with E-state index >= 15 is 0 Å². The van der Waals surface area contributed by atoms with Crippen LogP contribution in [0.1, 0.15) is 45.2 Å². The summed E-state index contributed by atoms with van der Waals surface area (Å²) in [4.78, 5) is 27.3. The van der Waals surface area contributed by atoms with Gasteiger partial charge in [-0.25, -0.2) is 0 Å². The number of hydrogen-bond donors (Lipinski definition) is 1. The fraction of sp³-hybridized carbons (Fsp3) is 0.440. The summed E-state index contributed by atoms with van der Waals surface area (Å²) in [6, 6.07) is 10.8. The molecule has 0 aromatic heterocycles. The topological polar surface area (TPSA) is 77.1 Å². The van der Waals surface area contributed by atoms with Crippen molar-refractivity contribution >= 4 is 17.5 Å². The van der Waals surface area contributed by atoms with Gasteiger partial charge in [-0.05, 0) is 50.1 Å². The molecule has 32 heavy (non-hydrogen) atoms. The van der Waals surface area contributed by atoms with Crippen LogP contribution >= 0.6 is 0 Å². The molecule has 1 aliphatic heterocycles. The van der Waals surface area contributed by atoms with Crippen LogP contribution in [-0.4, -0.2) is 37.7 Å². The van der Waals surface area contributed by atoms with E-state index in [2.05, 4.69) is 5.32 Å². The van der Waals surface area contributed by atoms with Crippen LogP contribution in [0.3, 0.4) is 0 Å². The first-order chi connectivity index (χ1) is 15.5. The van der Waals surface area contributed by atoms with Gasteiger partial charge >= 0.3 is 0 Å². The van der Waals surface area contributed by atoms with E-state index in [9.17, 15) is 9.59 Å². The van der Waals surface area contributed by atoms with Gasteiger partial charge in [-0.3, -0.25) is 14.5 Å². The van der Waals surface area contributed by atoms with Gasteiger partial charge in [-0.15, -0.1) is 0 Å². The van der Waals surface area contributed by atoms with Crippen LogP contribution in [0.5, 0.6) is 17.2 Å². The number of carbonyl (C=O) groups is 2. The summed E-state index contributed by atoms with van der Waals surface area (Å²) in [6.45, 7) is 9.26. The van der Waals surface area contributed by atoms with Crippen molar-refractivity contribution in [2.24, 2.45) is 0 Å². The molecule has 172 valence electrons. The van der Waals surface area contributed by atoms with Gasteiger partial charge in [-0.2, -0.15) is 0 Å². The maximum Gasteiger partial charge on any atom is 0.243 e. The normalized spacial score (nSPS) is 14.6. The number of fused-ring (bicyclic) bond motifs is 1. The molecule has 0 aliphatic carbocycles. The number of hydrogen-bond acceptors (Lipinski definition) is 5. The average Bonchev–Trinajstić information content (AvgIpc) is 3.19. The second kappa shape index (κ2) is 10.9. The predicted molar refractivity (Wildman–Crippen MR) is 124 cm³/mol. The number of amides is 2. The van der Waals surface area contributed by atoms with Crippen LogP contribution in [0.15, 0.2) is 36.4 Å². The number of nitrogens with zero attached hydrogens (tertiary/aromatic N) is 1. The van der Waals surface area contributed by atoms with Gasteiger partial charge in [0, 0.05) is 25.1 Å². The molecule has 1 atom stereocenters. The van der Waals surface area contributed by atoms with Crippen LogP contribution in [0.2, 0.25) is 0 Å². The molecule has 0 radical (unpaired) electrons. The Bertz CT molecular complexity index is 932. The maximum absolute atomic E-state index is 13.1. The highest BCUT2D eigenvalue weighted by Gasteiger charge is 2.37. The number of carbonyl (C=O) groups excluding carboxylic acids is 2. The third-order valence-electron chi connectivity index (χ3n) is 5.29. The minimum absolute atomic E-state index is 0.0616. The van der Waals surface area contributed by atoms with Crippen molar-refractivity contribution in [3.63, 3.8) is 0 Å². The number of ether oxygens (including phenoxy) is 3. The van der Waals surface area contributed by atoms with E-state index in [0.29, 0.717) is 49.9 Å². The monoisotopic (exact) mass is 440 g/mol. The average molecular weight is 441 g/mol. The van der Waals surface area contributed by atoms with Crippen LogP contribution in [-0.2, 0) is 22.6 Å². The van der Waals surface area contributed by atoms with E-state index < -0.39 is 6.04 Å². The molecule has 0 saturated heterocycles. The highest BCUT2D eigenvalue weighted by molar-refractivity contribution is 6.03. The molecular weight excluding hydrogens is 408 g/mol. The zero-order valence-corrected chi connectivity index (χ0v) is 19.3. The van der Waals surface area contributed by atoms with E-state index in [1.54, 1.807) is 4.90 Å². The molecule has 1 heterocycles. The van der Waals surface area contributed by atoms with E-state index in [4.69, 9.17) is 14.2 Å². The van der Waals surface area contributed by atoms with Crippen molar-refractivity contribution in [1.82, 2.24) is 5.32 Å². The van der Waals surface area contributed by atoms with Gasteiger partial charge in [0.15, 0.2) is 11.5 Å². The van der Waals surface area contributed by atoms with Crippen molar-refractivity contribution in [3.8, 4) is 17.2 Å². The van der Waals surface area contributed by atoms with Crippen molar-refractivity contribution in [2.45, 2.75) is 53.1 Å². The molecule has 7 nitrogen and oxygen atoms in total. The standard InChI is InChI=1S/C25H32N2O5/c1-5-23(28)27-19-12-10-9-11-18(19)15-20(27)25(29)26-16-17-13-21(30-6-2)24(32-8-4)22(14-17)31-7-3/h9-14,20H,5-8,15-16H2,1-4H3,(H,26,29)/t20-/m1/s1. The molecule has 0 spiro atoms. The quantitative estimate of drug-likeness (QED) is 0.607. The van der Waals surface area contributed by atoms with Crippen molar-refractivity contribution in [1.29, 1.82) is 0 Å². The minimum Gasteiger partial charge on any atom is -0.490 e. The van der Waals surface area contributed by atoms with Crippen molar-refractivity contribution in [3.05, 3.63) is 47.5 Å². The molecule has 0 fully saturated rings. The van der Waals surface area contributed by atoms with Crippen LogP contribution in [0.25, 0.3) is 0 Å². The zero-order valence-electron chi connectivity index (χ0n) is 19.3. The second-order valence-corrected chi connectivity index (χ2v) is 7.40. The fourth-order valence-electron chi connectivity index (χ4n) is 3.93. The number of rotatable bonds is 10. The van der Waals surface area contributed by atoms with Gasteiger partial charge in [-0.1, -0.05) is 25.1 Å². The second-order valence-electron chi connectivity index (χ2n) is 7.40. The Labute approximate surface area is 189 Å². The molecule has 0 saturated carbocycles. The number of benzene rings is 2. The molecule has 2 aromatic carbocycles. The Morgan fingerprint density at radius 1 is 0.969 bits per heavy atom. The summed E-state index contributed by atoms with van der Waals surface area (Å²) in [5.41, 5.74) is 2.66. The molecule has 0 bridgehead atoms. The first-order valence-corrected chi connectivity index (χ1v) is 11.3. The fourth-order valence-corrected chi connectivity index (χ4v) is 3.93. The lowest BCUT2D eigenvalue weighted by Crippen LogP contribution is -2.47. The summed E-state index contributed by atoms with van der Waals surface area (Å²) in [6.07, 6.45) is 0.845. The Kier molecular flexibility index (Phi) is 7.98. The van der Waals surface area contributed by atoms with Crippen LogP contribution in [0.4, 0.5) is 5.69 Å². The van der Waals surface area contributed by atoms with E-state index in [0.717, 1.165) is 16.8 Å². The largest absolute Gasteiger partial charge is 0.490 e. The predicted octanol–water partition coefficient (Wildman–Crippen LogP) is 3.87. The molecule has 0 unspecified atom stereocenters.